The van der Waals surface area contributed by atoms with Gasteiger partial charge < -0.3 is 20.5 Å². The van der Waals surface area contributed by atoms with Crippen LogP contribution in [0.2, 0.25) is 0 Å². The number of aliphatic carboxylic acids is 1. The van der Waals surface area contributed by atoms with Crippen LogP contribution in [-0.2, 0) is 19.7 Å². The Kier molecular flexibility index (Phi) is 7.31. The largest absolute Gasteiger partial charge is 0.481 e. The van der Waals surface area contributed by atoms with E-state index in [2.05, 4.69) is 39.9 Å². The number of fused-ring (bicyclic) bond motifs is 1. The quantitative estimate of drug-likeness (QED) is 0.232. The molecule has 0 radical (unpaired) electrons. The summed E-state index contributed by atoms with van der Waals surface area (Å²) in [5.41, 5.74) is 1.74. The molecule has 2 aromatic heterocycles. The summed E-state index contributed by atoms with van der Waals surface area (Å²) in [6.07, 6.45) is 2.55. The van der Waals surface area contributed by atoms with Crippen LogP contribution < -0.4 is 10.6 Å². The highest BCUT2D eigenvalue weighted by atomic mass is 32.1. The van der Waals surface area contributed by atoms with E-state index in [0.717, 1.165) is 17.3 Å². The molecule has 41 heavy (non-hydrogen) atoms. The standard InChI is InChI=1S/C30H27FN4O5S/c1-29(2,3)40-28(39)34-22(16-24(36)37)25(38)32-18-9-10-19(20(31)15-18)26-33-21-11-12-23(35-27(21)41-26)30(13-14-30)17-7-5-4-6-8-17/h4-15,22H,16H2,1-3H3,(H,32,38)(H,34,39)(H,36,37)/t22-/m1/s1. The highest BCUT2D eigenvalue weighted by Crippen LogP contribution is 2.45. The van der Waals surface area contributed by atoms with Gasteiger partial charge >= 0.3 is 12.1 Å². The number of alkyl carbamates (subject to hydrolysis) is 1. The number of carboxylic acids is 1. The minimum Gasteiger partial charge on any atom is -0.481 e. The maximum atomic E-state index is 15.2. The molecule has 0 spiro atoms. The van der Waals surface area contributed by atoms with E-state index in [1.54, 1.807) is 20.8 Å². The van der Waals surface area contributed by atoms with Crippen molar-refractivity contribution in [1.29, 1.82) is 0 Å². The molecule has 2 aromatic carbocycles. The predicted molar refractivity (Wildman–Crippen MR) is 153 cm³/mol. The fourth-order valence-electron chi connectivity index (χ4n) is 4.30. The SMILES string of the molecule is CC(C)(C)OC(=O)N[C@H](CC(=O)O)C(=O)Nc1ccc(-c2nc3ccc(C4(c5ccccc5)C=C4)nc3s2)c(F)c1. The maximum Gasteiger partial charge on any atom is 0.408 e. The van der Waals surface area contributed by atoms with Gasteiger partial charge in [-0.1, -0.05) is 53.8 Å². The number of carbonyl (C=O) groups is 3. The number of halogens is 1. The van der Waals surface area contributed by atoms with Gasteiger partial charge in [0.25, 0.3) is 0 Å². The number of carboxylic acid groups (broad SMARTS) is 1. The average molecular weight is 575 g/mol. The van der Waals surface area contributed by atoms with Gasteiger partial charge in [0.05, 0.1) is 17.5 Å². The van der Waals surface area contributed by atoms with Crippen LogP contribution in [-0.4, -0.2) is 44.7 Å². The molecule has 2 amide bonds. The molecule has 0 saturated heterocycles. The Bertz CT molecular complexity index is 1670. The number of rotatable bonds is 8. The van der Waals surface area contributed by atoms with Crippen LogP contribution >= 0.6 is 11.3 Å². The number of aromatic nitrogens is 2. The Morgan fingerprint density at radius 1 is 1.05 bits per heavy atom. The molecule has 11 heteroatoms. The zero-order chi connectivity index (χ0) is 29.4. The highest BCUT2D eigenvalue weighted by Gasteiger charge is 2.39. The van der Waals surface area contributed by atoms with Crippen molar-refractivity contribution < 1.29 is 28.6 Å². The third kappa shape index (κ3) is 6.25. The molecule has 5 rings (SSSR count). The van der Waals surface area contributed by atoms with Crippen molar-refractivity contribution in [2.75, 3.05) is 5.32 Å². The first-order chi connectivity index (χ1) is 19.4. The van der Waals surface area contributed by atoms with E-state index in [1.165, 1.54) is 23.5 Å². The topological polar surface area (TPSA) is 131 Å². The lowest BCUT2D eigenvalue weighted by atomic mass is 9.89. The van der Waals surface area contributed by atoms with Gasteiger partial charge in [-0.05, 0) is 56.7 Å². The van der Waals surface area contributed by atoms with Gasteiger partial charge in [0.15, 0.2) is 0 Å². The van der Waals surface area contributed by atoms with Crippen LogP contribution in [0.4, 0.5) is 14.9 Å². The first-order valence-corrected chi connectivity index (χ1v) is 13.6. The van der Waals surface area contributed by atoms with Crippen molar-refractivity contribution in [1.82, 2.24) is 15.3 Å². The molecule has 0 aliphatic heterocycles. The van der Waals surface area contributed by atoms with Gasteiger partial charge in [0.1, 0.15) is 32.8 Å². The summed E-state index contributed by atoms with van der Waals surface area (Å²) in [6.45, 7) is 4.90. The van der Waals surface area contributed by atoms with Gasteiger partial charge in [0, 0.05) is 11.3 Å². The van der Waals surface area contributed by atoms with E-state index in [9.17, 15) is 19.5 Å². The molecule has 0 bridgehead atoms. The molecule has 1 aliphatic rings. The van der Waals surface area contributed by atoms with Crippen LogP contribution in [0, 0.1) is 5.82 Å². The Hall–Kier alpha value is -4.64. The van der Waals surface area contributed by atoms with Crippen LogP contribution in [0.1, 0.15) is 38.4 Å². The Morgan fingerprint density at radius 2 is 1.78 bits per heavy atom. The average Bonchev–Trinajstić information content (AvgIpc) is 3.60. The molecule has 9 nitrogen and oxygen atoms in total. The zero-order valence-electron chi connectivity index (χ0n) is 22.5. The summed E-state index contributed by atoms with van der Waals surface area (Å²) < 4.78 is 20.3. The number of thiazole rings is 1. The summed E-state index contributed by atoms with van der Waals surface area (Å²) in [7, 11) is 0. The third-order valence-electron chi connectivity index (χ3n) is 6.28. The summed E-state index contributed by atoms with van der Waals surface area (Å²) >= 11 is 1.26. The number of nitrogens with zero attached hydrogens (tertiary/aromatic N) is 2. The number of anilines is 1. The Morgan fingerprint density at radius 3 is 2.41 bits per heavy atom. The number of allylic oxidation sites excluding steroid dienone is 2. The first-order valence-electron chi connectivity index (χ1n) is 12.8. The van der Waals surface area contributed by atoms with Crippen molar-refractivity contribution >= 4 is 45.3 Å². The second kappa shape index (κ2) is 10.7. The van der Waals surface area contributed by atoms with E-state index < -0.39 is 41.9 Å². The molecule has 3 N–H and O–H groups in total. The molecule has 2 heterocycles. The first kappa shape index (κ1) is 27.9. The zero-order valence-corrected chi connectivity index (χ0v) is 23.3. The second-order valence-electron chi connectivity index (χ2n) is 10.6. The van der Waals surface area contributed by atoms with Crippen LogP contribution in [0.25, 0.3) is 20.9 Å². The third-order valence-corrected chi connectivity index (χ3v) is 7.28. The van der Waals surface area contributed by atoms with Gasteiger partial charge in [0.2, 0.25) is 5.91 Å². The number of ether oxygens (including phenoxy) is 1. The molecule has 0 unspecified atom stereocenters. The van der Waals surface area contributed by atoms with Crippen LogP contribution in [0.5, 0.6) is 0 Å². The smallest absolute Gasteiger partial charge is 0.408 e. The molecular weight excluding hydrogens is 547 g/mol. The maximum absolute atomic E-state index is 15.2. The lowest BCUT2D eigenvalue weighted by Gasteiger charge is -2.22. The molecule has 1 aliphatic carbocycles. The fraction of sp³-hybridized carbons (Fsp3) is 0.233. The number of amides is 2. The molecule has 4 aromatic rings. The van der Waals surface area contributed by atoms with E-state index >= 15 is 4.39 Å². The summed E-state index contributed by atoms with van der Waals surface area (Å²) in [6, 6.07) is 16.5. The molecule has 0 fully saturated rings. The summed E-state index contributed by atoms with van der Waals surface area (Å²) in [5, 5.41) is 14.3. The molecule has 1 atom stereocenters. The van der Waals surface area contributed by atoms with Gasteiger partial charge in [-0.25, -0.2) is 19.2 Å². The Balaban J connectivity index is 1.33. The van der Waals surface area contributed by atoms with Crippen molar-refractivity contribution in [3.63, 3.8) is 0 Å². The summed E-state index contributed by atoms with van der Waals surface area (Å²) in [4.78, 5) is 46.2. The number of pyridine rings is 1. The number of benzene rings is 2. The van der Waals surface area contributed by atoms with E-state index in [-0.39, 0.29) is 16.7 Å². The Labute approximate surface area is 239 Å². The molecular formula is C30H27FN4O5S. The fourth-order valence-corrected chi connectivity index (χ4v) is 5.27. The number of carbonyl (C=O) groups excluding carboxylic acids is 2. The molecule has 0 saturated carbocycles. The highest BCUT2D eigenvalue weighted by molar-refractivity contribution is 7.21. The molecule has 210 valence electrons. The number of nitrogens with one attached hydrogen (secondary N) is 2. The minimum atomic E-state index is -1.44. The van der Waals surface area contributed by atoms with E-state index in [0.29, 0.717) is 15.4 Å². The van der Waals surface area contributed by atoms with Crippen LogP contribution in [0.15, 0.2) is 72.8 Å². The number of hydrogen-bond donors (Lipinski definition) is 3. The monoisotopic (exact) mass is 574 g/mol. The predicted octanol–water partition coefficient (Wildman–Crippen LogP) is 5.66. The summed E-state index contributed by atoms with van der Waals surface area (Å²) in [5.74, 6) is -2.77. The van der Waals surface area contributed by atoms with E-state index in [1.807, 2.05) is 30.3 Å². The lowest BCUT2D eigenvalue weighted by Crippen LogP contribution is -2.46. The van der Waals surface area contributed by atoms with Gasteiger partial charge in [-0.15, -0.1) is 0 Å². The van der Waals surface area contributed by atoms with E-state index in [4.69, 9.17) is 9.72 Å². The van der Waals surface area contributed by atoms with Crippen LogP contribution in [0.3, 0.4) is 0 Å². The van der Waals surface area contributed by atoms with Crippen molar-refractivity contribution in [3.05, 3.63) is 89.9 Å². The van der Waals surface area contributed by atoms with Crippen molar-refractivity contribution in [2.45, 2.75) is 44.2 Å². The normalized spacial score (nSPS) is 14.3. The van der Waals surface area contributed by atoms with Crippen molar-refractivity contribution in [3.8, 4) is 10.6 Å². The second-order valence-corrected chi connectivity index (χ2v) is 11.6. The van der Waals surface area contributed by atoms with Crippen molar-refractivity contribution in [2.24, 2.45) is 0 Å². The van der Waals surface area contributed by atoms with Gasteiger partial charge in [-0.2, -0.15) is 0 Å². The number of hydrogen-bond acceptors (Lipinski definition) is 7. The van der Waals surface area contributed by atoms with Gasteiger partial charge in [-0.3, -0.25) is 9.59 Å². The lowest BCUT2D eigenvalue weighted by molar-refractivity contribution is -0.139. The minimum absolute atomic E-state index is 0.0868.